The second-order valence-corrected chi connectivity index (χ2v) is 4.03. The van der Waals surface area contributed by atoms with Crippen LogP contribution in [0.5, 0.6) is 0 Å². The third kappa shape index (κ3) is 4.07. The van der Waals surface area contributed by atoms with Crippen molar-refractivity contribution in [1.29, 1.82) is 0 Å². The quantitative estimate of drug-likeness (QED) is 0.601. The number of hydrogen-bond acceptors (Lipinski definition) is 3. The molecule has 1 saturated heterocycles. The van der Waals surface area contributed by atoms with E-state index in [0.717, 1.165) is 39.3 Å². The maximum atomic E-state index is 5.40. The first-order chi connectivity index (χ1) is 6.27. The highest BCUT2D eigenvalue weighted by molar-refractivity contribution is 4.91. The van der Waals surface area contributed by atoms with E-state index >= 15 is 0 Å². The summed E-state index contributed by atoms with van der Waals surface area (Å²) in [6, 6.07) is 0. The van der Waals surface area contributed by atoms with Gasteiger partial charge in [-0.05, 0) is 26.3 Å². The van der Waals surface area contributed by atoms with Crippen molar-refractivity contribution in [2.45, 2.75) is 32.2 Å². The average molecular weight is 186 g/mol. The molecule has 0 amide bonds. The van der Waals surface area contributed by atoms with Crippen molar-refractivity contribution in [3.8, 4) is 0 Å². The van der Waals surface area contributed by atoms with Crippen molar-refractivity contribution in [2.75, 3.05) is 32.8 Å². The van der Waals surface area contributed by atoms with Gasteiger partial charge in [0.1, 0.15) is 0 Å². The average Bonchev–Trinajstić information content (AvgIpc) is 2.53. The fourth-order valence-electron chi connectivity index (χ4n) is 1.64. The summed E-state index contributed by atoms with van der Waals surface area (Å²) in [6.07, 6.45) is 2.33. The Morgan fingerprint density at radius 1 is 1.46 bits per heavy atom. The van der Waals surface area contributed by atoms with Crippen LogP contribution in [0.15, 0.2) is 0 Å². The molecule has 1 heterocycles. The van der Waals surface area contributed by atoms with Gasteiger partial charge < -0.3 is 15.4 Å². The third-order valence-electron chi connectivity index (χ3n) is 2.52. The predicted molar refractivity (Wildman–Crippen MR) is 55.0 cm³/mol. The molecule has 0 bridgehead atoms. The molecule has 1 atom stereocenters. The van der Waals surface area contributed by atoms with Crippen LogP contribution in [-0.2, 0) is 4.74 Å². The molecule has 3 heteroatoms. The lowest BCUT2D eigenvalue weighted by molar-refractivity contribution is 0.130. The van der Waals surface area contributed by atoms with Crippen LogP contribution < -0.4 is 10.6 Å². The third-order valence-corrected chi connectivity index (χ3v) is 2.52. The Morgan fingerprint density at radius 3 is 2.92 bits per heavy atom. The van der Waals surface area contributed by atoms with E-state index in [1.165, 1.54) is 6.42 Å². The van der Waals surface area contributed by atoms with Crippen LogP contribution >= 0.6 is 0 Å². The van der Waals surface area contributed by atoms with Gasteiger partial charge >= 0.3 is 0 Å². The Labute approximate surface area is 81.2 Å². The van der Waals surface area contributed by atoms with Crippen LogP contribution in [0.1, 0.15) is 26.7 Å². The summed E-state index contributed by atoms with van der Waals surface area (Å²) in [6.45, 7) is 9.32. The molecule has 1 aliphatic rings. The molecule has 3 nitrogen and oxygen atoms in total. The summed E-state index contributed by atoms with van der Waals surface area (Å²) in [5, 5.41) is 6.89. The maximum Gasteiger partial charge on any atom is 0.0591 e. The first kappa shape index (κ1) is 11.0. The van der Waals surface area contributed by atoms with Crippen LogP contribution in [0.2, 0.25) is 0 Å². The summed E-state index contributed by atoms with van der Waals surface area (Å²) >= 11 is 0. The van der Waals surface area contributed by atoms with E-state index in [1.54, 1.807) is 0 Å². The molecular formula is C10H22N2O. The lowest BCUT2D eigenvalue weighted by Gasteiger charge is -2.24. The minimum absolute atomic E-state index is 0.301. The van der Waals surface area contributed by atoms with Gasteiger partial charge in [-0.2, -0.15) is 0 Å². The maximum absolute atomic E-state index is 5.40. The zero-order valence-electron chi connectivity index (χ0n) is 8.86. The summed E-state index contributed by atoms with van der Waals surface area (Å²) < 4.78 is 5.40. The second-order valence-electron chi connectivity index (χ2n) is 4.03. The number of ether oxygens (including phenoxy) is 1. The van der Waals surface area contributed by atoms with Crippen LogP contribution in [0.4, 0.5) is 0 Å². The summed E-state index contributed by atoms with van der Waals surface area (Å²) in [4.78, 5) is 0. The largest absolute Gasteiger partial charge is 0.380 e. The van der Waals surface area contributed by atoms with E-state index in [1.807, 2.05) is 0 Å². The predicted octanol–water partition coefficient (Wildman–Crippen LogP) is 0.755. The second kappa shape index (κ2) is 5.58. The zero-order chi connectivity index (χ0) is 9.57. The molecule has 1 aliphatic heterocycles. The van der Waals surface area contributed by atoms with Crippen molar-refractivity contribution in [3.63, 3.8) is 0 Å². The van der Waals surface area contributed by atoms with Gasteiger partial charge in [-0.1, -0.05) is 6.92 Å². The Morgan fingerprint density at radius 2 is 2.31 bits per heavy atom. The highest BCUT2D eigenvalue weighted by atomic mass is 16.5. The van der Waals surface area contributed by atoms with Crippen LogP contribution in [0.25, 0.3) is 0 Å². The highest BCUT2D eigenvalue weighted by Gasteiger charge is 2.26. The Balaban J connectivity index is 1.98. The molecule has 78 valence electrons. The van der Waals surface area contributed by atoms with Crippen LogP contribution in [-0.4, -0.2) is 38.4 Å². The molecule has 1 rings (SSSR count). The summed E-state index contributed by atoms with van der Waals surface area (Å²) in [5.74, 6) is 0. The number of rotatable bonds is 6. The Bertz CT molecular complexity index is 133. The smallest absolute Gasteiger partial charge is 0.0591 e. The molecule has 0 aromatic rings. The Kier molecular flexibility index (Phi) is 4.70. The van der Waals surface area contributed by atoms with Crippen molar-refractivity contribution in [3.05, 3.63) is 0 Å². The van der Waals surface area contributed by atoms with Crippen molar-refractivity contribution in [1.82, 2.24) is 10.6 Å². The first-order valence-electron chi connectivity index (χ1n) is 5.30. The molecule has 0 aromatic carbocycles. The lowest BCUT2D eigenvalue weighted by Crippen LogP contribution is -2.45. The number of hydrogen-bond donors (Lipinski definition) is 2. The fraction of sp³-hybridized carbons (Fsp3) is 1.00. The molecule has 0 aliphatic carbocycles. The van der Waals surface area contributed by atoms with Crippen molar-refractivity contribution < 1.29 is 4.74 Å². The van der Waals surface area contributed by atoms with Gasteiger partial charge in [-0.25, -0.2) is 0 Å². The van der Waals surface area contributed by atoms with Crippen LogP contribution in [0.3, 0.4) is 0 Å². The van der Waals surface area contributed by atoms with Gasteiger partial charge in [0.25, 0.3) is 0 Å². The van der Waals surface area contributed by atoms with Gasteiger partial charge in [0.2, 0.25) is 0 Å². The monoisotopic (exact) mass is 186 g/mol. The zero-order valence-corrected chi connectivity index (χ0v) is 8.86. The van der Waals surface area contributed by atoms with Gasteiger partial charge in [0.15, 0.2) is 0 Å². The summed E-state index contributed by atoms with van der Waals surface area (Å²) in [7, 11) is 0. The SMILES string of the molecule is CCCOCCNC1(C)CCNC1. The molecule has 0 radical (unpaired) electrons. The van der Waals surface area contributed by atoms with E-state index in [-0.39, 0.29) is 0 Å². The van der Waals surface area contributed by atoms with Gasteiger partial charge in [0.05, 0.1) is 6.61 Å². The molecule has 0 spiro atoms. The lowest BCUT2D eigenvalue weighted by atomic mass is 10.0. The molecule has 0 aromatic heterocycles. The molecule has 2 N–H and O–H groups in total. The van der Waals surface area contributed by atoms with Crippen molar-refractivity contribution in [2.24, 2.45) is 0 Å². The van der Waals surface area contributed by atoms with E-state index in [9.17, 15) is 0 Å². The highest BCUT2D eigenvalue weighted by Crippen LogP contribution is 2.12. The van der Waals surface area contributed by atoms with Gasteiger partial charge in [-0.3, -0.25) is 0 Å². The number of nitrogens with one attached hydrogen (secondary N) is 2. The van der Waals surface area contributed by atoms with E-state index in [0.29, 0.717) is 5.54 Å². The van der Waals surface area contributed by atoms with E-state index in [4.69, 9.17) is 4.74 Å². The standard InChI is InChI=1S/C10H22N2O/c1-3-7-13-8-6-12-10(2)4-5-11-9-10/h11-12H,3-9H2,1-2H3. The normalized spacial score (nSPS) is 28.2. The molecular weight excluding hydrogens is 164 g/mol. The molecule has 13 heavy (non-hydrogen) atoms. The van der Waals surface area contributed by atoms with E-state index < -0.39 is 0 Å². The minimum atomic E-state index is 0.301. The molecule has 1 fully saturated rings. The van der Waals surface area contributed by atoms with E-state index in [2.05, 4.69) is 24.5 Å². The van der Waals surface area contributed by atoms with Crippen molar-refractivity contribution >= 4 is 0 Å². The Hall–Kier alpha value is -0.120. The van der Waals surface area contributed by atoms with Gasteiger partial charge in [-0.15, -0.1) is 0 Å². The topological polar surface area (TPSA) is 33.3 Å². The minimum Gasteiger partial charge on any atom is -0.380 e. The molecule has 0 saturated carbocycles. The van der Waals surface area contributed by atoms with Crippen LogP contribution in [0, 0.1) is 0 Å². The molecule has 1 unspecified atom stereocenters. The fourth-order valence-corrected chi connectivity index (χ4v) is 1.64. The first-order valence-corrected chi connectivity index (χ1v) is 5.30. The summed E-state index contributed by atoms with van der Waals surface area (Å²) in [5.41, 5.74) is 0.301. The van der Waals surface area contributed by atoms with Gasteiger partial charge in [0, 0.05) is 25.2 Å².